The maximum atomic E-state index is 13.4. The van der Waals surface area contributed by atoms with Crippen LogP contribution >= 0.6 is 11.6 Å². The molecule has 0 bridgehead atoms. The summed E-state index contributed by atoms with van der Waals surface area (Å²) in [6.07, 6.45) is 0.486. The van der Waals surface area contributed by atoms with Gasteiger partial charge in [-0.1, -0.05) is 18.5 Å². The highest BCUT2D eigenvalue weighted by molar-refractivity contribution is 6.30. The predicted molar refractivity (Wildman–Crippen MR) is 60.0 cm³/mol. The van der Waals surface area contributed by atoms with E-state index < -0.39 is 29.1 Å². The van der Waals surface area contributed by atoms with Gasteiger partial charge in [-0.15, -0.1) is 0 Å². The zero-order valence-corrected chi connectivity index (χ0v) is 9.89. The Labute approximate surface area is 102 Å². The first-order chi connectivity index (χ1) is 7.99. The van der Waals surface area contributed by atoms with Gasteiger partial charge in [0.25, 0.3) is 5.91 Å². The van der Waals surface area contributed by atoms with E-state index in [2.05, 4.69) is 5.32 Å². The minimum absolute atomic E-state index is 0.264. The third-order valence-corrected chi connectivity index (χ3v) is 2.59. The molecular weight excluding hydrogens is 252 g/mol. The Morgan fingerprint density at radius 2 is 2.12 bits per heavy atom. The highest BCUT2D eigenvalue weighted by atomic mass is 35.5. The first-order valence-corrected chi connectivity index (χ1v) is 5.43. The molecule has 0 saturated heterocycles. The second-order valence-corrected chi connectivity index (χ2v) is 3.91. The van der Waals surface area contributed by atoms with E-state index in [4.69, 9.17) is 16.7 Å². The van der Waals surface area contributed by atoms with Gasteiger partial charge in [-0.05, 0) is 18.6 Å². The second-order valence-electron chi connectivity index (χ2n) is 3.51. The van der Waals surface area contributed by atoms with Crippen LogP contribution < -0.4 is 5.32 Å². The molecule has 0 spiro atoms. The number of nitrogens with one attached hydrogen (secondary N) is 1. The van der Waals surface area contributed by atoms with Crippen molar-refractivity contribution in [1.29, 1.82) is 0 Å². The summed E-state index contributed by atoms with van der Waals surface area (Å²) >= 11 is 5.36. The molecule has 1 amide bonds. The van der Waals surface area contributed by atoms with Crippen molar-refractivity contribution in [2.45, 2.75) is 19.4 Å². The van der Waals surface area contributed by atoms with E-state index in [9.17, 15) is 13.6 Å². The van der Waals surface area contributed by atoms with Crippen molar-refractivity contribution in [3.05, 3.63) is 34.4 Å². The molecule has 0 saturated carbocycles. The highest BCUT2D eigenvalue weighted by Crippen LogP contribution is 2.19. The third-order valence-electron chi connectivity index (χ3n) is 2.30. The van der Waals surface area contributed by atoms with Crippen molar-refractivity contribution in [3.8, 4) is 0 Å². The number of carbonyl (C=O) groups is 1. The molecule has 0 aromatic heterocycles. The summed E-state index contributed by atoms with van der Waals surface area (Å²) in [7, 11) is 0. The van der Waals surface area contributed by atoms with Gasteiger partial charge in [0.05, 0.1) is 23.2 Å². The summed E-state index contributed by atoms with van der Waals surface area (Å²) in [5.41, 5.74) is -0.432. The van der Waals surface area contributed by atoms with Gasteiger partial charge in [-0.2, -0.15) is 0 Å². The monoisotopic (exact) mass is 263 g/mol. The minimum Gasteiger partial charge on any atom is -0.394 e. The van der Waals surface area contributed by atoms with Crippen LogP contribution in [0.1, 0.15) is 23.7 Å². The number of halogens is 3. The van der Waals surface area contributed by atoms with Crippen LogP contribution in [0.3, 0.4) is 0 Å². The molecule has 0 radical (unpaired) electrons. The molecule has 0 aliphatic heterocycles. The fourth-order valence-corrected chi connectivity index (χ4v) is 1.39. The summed E-state index contributed by atoms with van der Waals surface area (Å²) < 4.78 is 26.5. The van der Waals surface area contributed by atoms with E-state index >= 15 is 0 Å². The molecule has 0 aliphatic rings. The number of amides is 1. The number of hydrogen-bond donors (Lipinski definition) is 2. The molecule has 94 valence electrons. The number of carbonyl (C=O) groups excluding carboxylic acids is 1. The van der Waals surface area contributed by atoms with Crippen LogP contribution in [-0.2, 0) is 0 Å². The Hall–Kier alpha value is -1.20. The van der Waals surface area contributed by atoms with Gasteiger partial charge in [-0.3, -0.25) is 4.79 Å². The molecule has 1 aromatic rings. The molecule has 0 aliphatic carbocycles. The number of aliphatic hydroxyl groups excluding tert-OH is 1. The first-order valence-electron chi connectivity index (χ1n) is 5.05. The summed E-state index contributed by atoms with van der Waals surface area (Å²) in [4.78, 5) is 11.6. The molecule has 1 unspecified atom stereocenters. The lowest BCUT2D eigenvalue weighted by molar-refractivity contribution is 0.0910. The largest absolute Gasteiger partial charge is 0.394 e. The van der Waals surface area contributed by atoms with Crippen LogP contribution in [0.4, 0.5) is 8.78 Å². The average Bonchev–Trinajstić information content (AvgIpc) is 2.30. The minimum atomic E-state index is -0.901. The number of hydrogen-bond acceptors (Lipinski definition) is 2. The van der Waals surface area contributed by atoms with E-state index in [1.807, 2.05) is 0 Å². The molecule has 17 heavy (non-hydrogen) atoms. The average molecular weight is 264 g/mol. The van der Waals surface area contributed by atoms with Crippen molar-refractivity contribution in [1.82, 2.24) is 5.32 Å². The Kier molecular flexibility index (Phi) is 4.84. The zero-order valence-electron chi connectivity index (χ0n) is 9.14. The van der Waals surface area contributed by atoms with Crippen LogP contribution in [0.15, 0.2) is 12.1 Å². The van der Waals surface area contributed by atoms with Crippen LogP contribution in [0.5, 0.6) is 0 Å². The van der Waals surface area contributed by atoms with Crippen molar-refractivity contribution >= 4 is 17.5 Å². The normalized spacial score (nSPS) is 12.3. The summed E-state index contributed by atoms with van der Waals surface area (Å²) in [5.74, 6) is -2.55. The van der Waals surface area contributed by atoms with Gasteiger partial charge < -0.3 is 10.4 Å². The standard InChI is InChI=1S/C11H12ClF2NO2/c1-2-6(5-16)15-11(17)7-3-10(14)8(12)4-9(7)13/h3-4,6,16H,2,5H2,1H3,(H,15,17). The topological polar surface area (TPSA) is 49.3 Å². The van der Waals surface area contributed by atoms with Crippen LogP contribution in [0.2, 0.25) is 5.02 Å². The molecule has 1 atom stereocenters. The van der Waals surface area contributed by atoms with Gasteiger partial charge in [0.2, 0.25) is 0 Å². The molecule has 1 rings (SSSR count). The smallest absolute Gasteiger partial charge is 0.254 e. The molecule has 6 heteroatoms. The van der Waals surface area contributed by atoms with E-state index in [1.165, 1.54) is 0 Å². The number of aliphatic hydroxyl groups is 1. The van der Waals surface area contributed by atoms with Crippen LogP contribution in [0.25, 0.3) is 0 Å². The Morgan fingerprint density at radius 3 is 2.65 bits per heavy atom. The summed E-state index contributed by atoms with van der Waals surface area (Å²) in [6.45, 7) is 1.49. The summed E-state index contributed by atoms with van der Waals surface area (Å²) in [5, 5.41) is 10.9. The van der Waals surface area contributed by atoms with Crippen LogP contribution in [-0.4, -0.2) is 23.7 Å². The lowest BCUT2D eigenvalue weighted by atomic mass is 10.1. The van der Waals surface area contributed by atoms with Crippen molar-refractivity contribution in [3.63, 3.8) is 0 Å². The molecule has 2 N–H and O–H groups in total. The van der Waals surface area contributed by atoms with E-state index in [1.54, 1.807) is 6.92 Å². The van der Waals surface area contributed by atoms with Gasteiger partial charge >= 0.3 is 0 Å². The summed E-state index contributed by atoms with van der Waals surface area (Å²) in [6, 6.07) is 0.989. The molecule has 1 aromatic carbocycles. The molecular formula is C11H12ClF2NO2. The van der Waals surface area contributed by atoms with E-state index in [-0.39, 0.29) is 11.6 Å². The van der Waals surface area contributed by atoms with Crippen LogP contribution in [0, 0.1) is 11.6 Å². The van der Waals surface area contributed by atoms with Gasteiger partial charge in [0, 0.05) is 0 Å². The third kappa shape index (κ3) is 3.38. The van der Waals surface area contributed by atoms with E-state index in [0.29, 0.717) is 6.42 Å². The quantitative estimate of drug-likeness (QED) is 0.818. The lowest BCUT2D eigenvalue weighted by Gasteiger charge is -2.14. The maximum absolute atomic E-state index is 13.4. The number of benzene rings is 1. The van der Waals surface area contributed by atoms with Gasteiger partial charge in [0.1, 0.15) is 11.6 Å². The molecule has 0 fully saturated rings. The maximum Gasteiger partial charge on any atom is 0.254 e. The van der Waals surface area contributed by atoms with Crippen molar-refractivity contribution in [2.75, 3.05) is 6.61 Å². The van der Waals surface area contributed by atoms with Crippen molar-refractivity contribution < 1.29 is 18.7 Å². The van der Waals surface area contributed by atoms with Gasteiger partial charge in [-0.25, -0.2) is 8.78 Å². The number of rotatable bonds is 4. The Bertz CT molecular complexity index is 422. The first kappa shape index (κ1) is 13.9. The van der Waals surface area contributed by atoms with Crippen molar-refractivity contribution in [2.24, 2.45) is 0 Å². The molecule has 0 heterocycles. The van der Waals surface area contributed by atoms with E-state index in [0.717, 1.165) is 12.1 Å². The predicted octanol–water partition coefficient (Wildman–Crippen LogP) is 2.12. The lowest BCUT2D eigenvalue weighted by Crippen LogP contribution is -2.37. The molecule has 3 nitrogen and oxygen atoms in total. The highest BCUT2D eigenvalue weighted by Gasteiger charge is 2.17. The SMILES string of the molecule is CCC(CO)NC(=O)c1cc(F)c(Cl)cc1F. The zero-order chi connectivity index (χ0) is 13.0. The van der Waals surface area contributed by atoms with Gasteiger partial charge in [0.15, 0.2) is 0 Å². The second kappa shape index (κ2) is 5.93. The fourth-order valence-electron chi connectivity index (χ4n) is 1.24. The Morgan fingerprint density at radius 1 is 1.47 bits per heavy atom. The fraction of sp³-hybridized carbons (Fsp3) is 0.364. The Balaban J connectivity index is 2.93.